The summed E-state index contributed by atoms with van der Waals surface area (Å²) in [5.74, 6) is 0.295. The van der Waals surface area contributed by atoms with E-state index in [9.17, 15) is 4.79 Å². The Bertz CT molecular complexity index is 600. The Labute approximate surface area is 123 Å². The molecule has 0 atom stereocenters. The molecular weight excluding hydrogens is 336 g/mol. The predicted molar refractivity (Wildman–Crippen MR) is 74.3 cm³/mol. The number of halogens is 2. The highest BCUT2D eigenvalue weighted by Crippen LogP contribution is 2.23. The molecule has 19 heavy (non-hydrogen) atoms. The van der Waals surface area contributed by atoms with Gasteiger partial charge in [0.1, 0.15) is 10.9 Å². The van der Waals surface area contributed by atoms with E-state index in [4.69, 9.17) is 16.0 Å². The number of esters is 1. The molecule has 2 aromatic heterocycles. The van der Waals surface area contributed by atoms with Crippen LogP contribution < -0.4 is 5.32 Å². The lowest BCUT2D eigenvalue weighted by Gasteiger charge is -2.05. The van der Waals surface area contributed by atoms with Gasteiger partial charge in [-0.2, -0.15) is 0 Å². The number of furan rings is 1. The van der Waals surface area contributed by atoms with Gasteiger partial charge in [0.2, 0.25) is 5.76 Å². The number of carbonyl (C=O) groups excluding carboxylic acids is 1. The van der Waals surface area contributed by atoms with Crippen molar-refractivity contribution in [2.75, 3.05) is 12.4 Å². The summed E-state index contributed by atoms with van der Waals surface area (Å²) in [6.45, 7) is 0.423. The number of methoxy groups -OCH3 is 1. The SMILES string of the molecule is COC(=O)c1ccc(CNc2cnc(Cl)c(Br)c2)o1. The molecule has 0 amide bonds. The van der Waals surface area contributed by atoms with Crippen molar-refractivity contribution >= 4 is 39.2 Å². The van der Waals surface area contributed by atoms with Gasteiger partial charge in [0, 0.05) is 0 Å². The van der Waals surface area contributed by atoms with Crippen molar-refractivity contribution in [3.8, 4) is 0 Å². The highest BCUT2D eigenvalue weighted by molar-refractivity contribution is 9.10. The summed E-state index contributed by atoms with van der Waals surface area (Å²) < 4.78 is 10.6. The van der Waals surface area contributed by atoms with Crippen LogP contribution in [0.3, 0.4) is 0 Å². The number of hydrogen-bond donors (Lipinski definition) is 1. The molecule has 0 aromatic carbocycles. The maximum absolute atomic E-state index is 11.2. The quantitative estimate of drug-likeness (QED) is 0.679. The van der Waals surface area contributed by atoms with E-state index in [1.807, 2.05) is 0 Å². The van der Waals surface area contributed by atoms with E-state index in [2.05, 4.69) is 31.0 Å². The fourth-order valence-corrected chi connectivity index (χ4v) is 1.84. The first-order valence-corrected chi connectivity index (χ1v) is 6.49. The van der Waals surface area contributed by atoms with E-state index in [0.29, 0.717) is 21.9 Å². The van der Waals surface area contributed by atoms with E-state index in [0.717, 1.165) is 5.69 Å². The molecule has 0 aliphatic rings. The third-order valence-corrected chi connectivity index (χ3v) is 3.45. The smallest absolute Gasteiger partial charge is 0.373 e. The molecule has 0 bridgehead atoms. The van der Waals surface area contributed by atoms with Crippen LogP contribution in [-0.2, 0) is 11.3 Å². The highest BCUT2D eigenvalue weighted by Gasteiger charge is 2.10. The van der Waals surface area contributed by atoms with Gasteiger partial charge in [-0.15, -0.1) is 0 Å². The number of nitrogens with zero attached hydrogens (tertiary/aromatic N) is 1. The van der Waals surface area contributed by atoms with Gasteiger partial charge >= 0.3 is 5.97 Å². The van der Waals surface area contributed by atoms with Crippen LogP contribution in [0, 0.1) is 0 Å². The largest absolute Gasteiger partial charge is 0.463 e. The van der Waals surface area contributed by atoms with Crippen molar-refractivity contribution in [2.24, 2.45) is 0 Å². The average molecular weight is 346 g/mol. The molecule has 5 nitrogen and oxygen atoms in total. The number of hydrogen-bond acceptors (Lipinski definition) is 5. The minimum absolute atomic E-state index is 0.176. The van der Waals surface area contributed by atoms with E-state index in [1.54, 1.807) is 24.4 Å². The minimum atomic E-state index is -0.498. The normalized spacial score (nSPS) is 10.3. The van der Waals surface area contributed by atoms with E-state index < -0.39 is 5.97 Å². The van der Waals surface area contributed by atoms with Gasteiger partial charge in [0.05, 0.1) is 30.0 Å². The number of carbonyl (C=O) groups is 1. The van der Waals surface area contributed by atoms with E-state index in [-0.39, 0.29) is 5.76 Å². The molecule has 2 heterocycles. The van der Waals surface area contributed by atoms with Crippen molar-refractivity contribution in [2.45, 2.75) is 6.54 Å². The van der Waals surface area contributed by atoms with Gasteiger partial charge in [0.25, 0.3) is 0 Å². The van der Waals surface area contributed by atoms with Gasteiger partial charge < -0.3 is 14.5 Å². The zero-order chi connectivity index (χ0) is 13.8. The van der Waals surface area contributed by atoms with Crippen LogP contribution >= 0.6 is 27.5 Å². The Morgan fingerprint density at radius 2 is 2.37 bits per heavy atom. The molecule has 0 radical (unpaired) electrons. The zero-order valence-corrected chi connectivity index (χ0v) is 12.3. The Morgan fingerprint density at radius 3 is 3.05 bits per heavy atom. The molecule has 0 saturated carbocycles. The molecule has 2 aromatic rings. The number of nitrogens with one attached hydrogen (secondary N) is 1. The molecular formula is C12H10BrClN2O3. The van der Waals surface area contributed by atoms with Crippen molar-refractivity contribution < 1.29 is 13.9 Å². The molecule has 100 valence electrons. The van der Waals surface area contributed by atoms with Gasteiger partial charge in [-0.3, -0.25) is 0 Å². The molecule has 0 spiro atoms. The zero-order valence-electron chi connectivity index (χ0n) is 9.94. The van der Waals surface area contributed by atoms with Crippen molar-refractivity contribution in [1.29, 1.82) is 0 Å². The third kappa shape index (κ3) is 3.48. The second kappa shape index (κ2) is 6.08. The first kappa shape index (κ1) is 13.9. The average Bonchev–Trinajstić information content (AvgIpc) is 2.88. The van der Waals surface area contributed by atoms with E-state index in [1.165, 1.54) is 7.11 Å². The Kier molecular flexibility index (Phi) is 4.44. The lowest BCUT2D eigenvalue weighted by atomic mass is 10.4. The first-order valence-electron chi connectivity index (χ1n) is 5.32. The van der Waals surface area contributed by atoms with E-state index >= 15 is 0 Å². The maximum Gasteiger partial charge on any atom is 0.373 e. The van der Waals surface area contributed by atoms with Gasteiger partial charge in [-0.1, -0.05) is 11.6 Å². The van der Waals surface area contributed by atoms with Crippen LogP contribution in [0.5, 0.6) is 0 Å². The summed E-state index contributed by atoms with van der Waals surface area (Å²) in [6, 6.07) is 5.08. The van der Waals surface area contributed by atoms with Crippen LogP contribution in [0.1, 0.15) is 16.3 Å². The van der Waals surface area contributed by atoms with Gasteiger partial charge in [-0.25, -0.2) is 9.78 Å². The molecule has 0 unspecified atom stereocenters. The number of anilines is 1. The lowest BCUT2D eigenvalue weighted by Crippen LogP contribution is -2.00. The molecule has 2 rings (SSSR count). The van der Waals surface area contributed by atoms with Crippen molar-refractivity contribution in [3.05, 3.63) is 45.5 Å². The fourth-order valence-electron chi connectivity index (χ4n) is 1.39. The highest BCUT2D eigenvalue weighted by atomic mass is 79.9. The minimum Gasteiger partial charge on any atom is -0.463 e. The lowest BCUT2D eigenvalue weighted by molar-refractivity contribution is 0.0563. The number of rotatable bonds is 4. The molecule has 0 fully saturated rings. The fraction of sp³-hybridized carbons (Fsp3) is 0.167. The molecule has 1 N–H and O–H groups in total. The Balaban J connectivity index is 2.00. The monoisotopic (exact) mass is 344 g/mol. The molecule has 7 heteroatoms. The van der Waals surface area contributed by atoms with Crippen LogP contribution in [0.25, 0.3) is 0 Å². The summed E-state index contributed by atoms with van der Waals surface area (Å²) >= 11 is 9.08. The predicted octanol–water partition coefficient (Wildman–Crippen LogP) is 3.49. The Morgan fingerprint density at radius 1 is 1.58 bits per heavy atom. The summed E-state index contributed by atoms with van der Waals surface area (Å²) in [5, 5.41) is 3.50. The van der Waals surface area contributed by atoms with Crippen LogP contribution in [0.15, 0.2) is 33.3 Å². The van der Waals surface area contributed by atoms with Crippen LogP contribution in [-0.4, -0.2) is 18.1 Å². The third-order valence-electron chi connectivity index (χ3n) is 2.31. The number of pyridine rings is 1. The standard InChI is InChI=1S/C12H10BrClN2O3/c1-18-12(17)10-3-2-8(19-10)6-15-7-4-9(13)11(14)16-5-7/h2-5,15H,6H2,1H3. The van der Waals surface area contributed by atoms with Gasteiger partial charge in [-0.05, 0) is 34.1 Å². The summed E-state index contributed by atoms with van der Waals surface area (Å²) in [6.07, 6.45) is 1.61. The topological polar surface area (TPSA) is 64.4 Å². The van der Waals surface area contributed by atoms with Crippen LogP contribution in [0.2, 0.25) is 5.15 Å². The molecule has 0 saturated heterocycles. The maximum atomic E-state index is 11.2. The van der Waals surface area contributed by atoms with Crippen molar-refractivity contribution in [3.63, 3.8) is 0 Å². The second-order valence-electron chi connectivity index (χ2n) is 3.61. The number of ether oxygens (including phenoxy) is 1. The summed E-state index contributed by atoms with van der Waals surface area (Å²) in [5.41, 5.74) is 0.785. The van der Waals surface area contributed by atoms with Crippen LogP contribution in [0.4, 0.5) is 5.69 Å². The summed E-state index contributed by atoms with van der Waals surface area (Å²) in [4.78, 5) is 15.2. The number of aromatic nitrogens is 1. The van der Waals surface area contributed by atoms with Gasteiger partial charge in [0.15, 0.2) is 0 Å². The molecule has 0 aliphatic carbocycles. The Hall–Kier alpha value is -1.53. The molecule has 0 aliphatic heterocycles. The summed E-state index contributed by atoms with van der Waals surface area (Å²) in [7, 11) is 1.31. The van der Waals surface area contributed by atoms with Crippen molar-refractivity contribution in [1.82, 2.24) is 4.98 Å². The second-order valence-corrected chi connectivity index (χ2v) is 4.82. The first-order chi connectivity index (χ1) is 9.10.